The fourth-order valence-corrected chi connectivity index (χ4v) is 1.96. The Kier molecular flexibility index (Phi) is 5.86. The standard InChI is InChI=1S/C15H24N2O/c1-12-8-5-6-9-14(12)13(2)16-11-7-10-15(18)17(3)4/h5-6,8-9,13,16H,7,10-11H2,1-4H3/t13-/m0/s1. The molecular weight excluding hydrogens is 224 g/mol. The zero-order valence-corrected chi connectivity index (χ0v) is 11.9. The molecule has 0 spiro atoms. The van der Waals surface area contributed by atoms with E-state index >= 15 is 0 Å². The van der Waals surface area contributed by atoms with Crippen LogP contribution in [0, 0.1) is 6.92 Å². The fourth-order valence-electron chi connectivity index (χ4n) is 1.96. The quantitative estimate of drug-likeness (QED) is 0.785. The first-order chi connectivity index (χ1) is 8.52. The Labute approximate surface area is 110 Å². The Hall–Kier alpha value is -1.35. The van der Waals surface area contributed by atoms with Crippen LogP contribution in [0.25, 0.3) is 0 Å². The molecule has 0 aliphatic heterocycles. The highest BCUT2D eigenvalue weighted by Crippen LogP contribution is 2.16. The van der Waals surface area contributed by atoms with Crippen LogP contribution < -0.4 is 5.32 Å². The third kappa shape index (κ3) is 4.49. The van der Waals surface area contributed by atoms with Gasteiger partial charge in [-0.25, -0.2) is 0 Å². The lowest BCUT2D eigenvalue weighted by Crippen LogP contribution is -2.25. The highest BCUT2D eigenvalue weighted by Gasteiger charge is 2.07. The maximum absolute atomic E-state index is 11.4. The molecule has 100 valence electrons. The van der Waals surface area contributed by atoms with Gasteiger partial charge >= 0.3 is 0 Å². The highest BCUT2D eigenvalue weighted by molar-refractivity contribution is 5.75. The summed E-state index contributed by atoms with van der Waals surface area (Å²) in [5, 5.41) is 3.46. The lowest BCUT2D eigenvalue weighted by molar-refractivity contribution is -0.128. The summed E-state index contributed by atoms with van der Waals surface area (Å²) in [6.45, 7) is 5.16. The molecule has 0 saturated heterocycles. The van der Waals surface area contributed by atoms with E-state index in [2.05, 4.69) is 43.4 Å². The smallest absolute Gasteiger partial charge is 0.222 e. The van der Waals surface area contributed by atoms with E-state index in [1.807, 2.05) is 0 Å². The molecule has 0 aromatic heterocycles. The average Bonchev–Trinajstić information content (AvgIpc) is 2.34. The van der Waals surface area contributed by atoms with Gasteiger partial charge < -0.3 is 10.2 Å². The van der Waals surface area contributed by atoms with E-state index < -0.39 is 0 Å². The predicted octanol–water partition coefficient (Wildman–Crippen LogP) is 2.51. The Morgan fingerprint density at radius 1 is 1.33 bits per heavy atom. The zero-order valence-electron chi connectivity index (χ0n) is 11.9. The summed E-state index contributed by atoms with van der Waals surface area (Å²) in [6.07, 6.45) is 1.49. The Balaban J connectivity index is 2.32. The molecule has 18 heavy (non-hydrogen) atoms. The molecule has 0 bridgehead atoms. The number of nitrogens with zero attached hydrogens (tertiary/aromatic N) is 1. The molecule has 1 N–H and O–H groups in total. The van der Waals surface area contributed by atoms with Crippen LogP contribution in [0.2, 0.25) is 0 Å². The summed E-state index contributed by atoms with van der Waals surface area (Å²) in [5.41, 5.74) is 2.64. The third-order valence-electron chi connectivity index (χ3n) is 3.17. The van der Waals surface area contributed by atoms with Crippen molar-refractivity contribution in [2.75, 3.05) is 20.6 Å². The first-order valence-corrected chi connectivity index (χ1v) is 6.51. The van der Waals surface area contributed by atoms with Crippen molar-refractivity contribution in [2.45, 2.75) is 32.7 Å². The lowest BCUT2D eigenvalue weighted by Gasteiger charge is -2.17. The minimum Gasteiger partial charge on any atom is -0.349 e. The summed E-state index contributed by atoms with van der Waals surface area (Å²) in [7, 11) is 3.59. The molecule has 3 heteroatoms. The summed E-state index contributed by atoms with van der Waals surface area (Å²) in [6, 6.07) is 8.74. The van der Waals surface area contributed by atoms with Gasteiger partial charge in [-0.1, -0.05) is 24.3 Å². The highest BCUT2D eigenvalue weighted by atomic mass is 16.2. The van der Waals surface area contributed by atoms with E-state index in [-0.39, 0.29) is 5.91 Å². The minimum absolute atomic E-state index is 0.195. The molecule has 1 aromatic carbocycles. The van der Waals surface area contributed by atoms with Gasteiger partial charge in [-0.15, -0.1) is 0 Å². The lowest BCUT2D eigenvalue weighted by atomic mass is 10.0. The van der Waals surface area contributed by atoms with E-state index in [9.17, 15) is 4.79 Å². The van der Waals surface area contributed by atoms with Crippen LogP contribution in [0.3, 0.4) is 0 Å². The first kappa shape index (κ1) is 14.7. The number of aryl methyl sites for hydroxylation is 1. The molecule has 1 rings (SSSR count). The molecule has 0 fully saturated rings. The van der Waals surface area contributed by atoms with Gasteiger partial charge in [-0.3, -0.25) is 4.79 Å². The van der Waals surface area contributed by atoms with Crippen LogP contribution in [0.15, 0.2) is 24.3 Å². The maximum atomic E-state index is 11.4. The van der Waals surface area contributed by atoms with Gasteiger partial charge in [-0.2, -0.15) is 0 Å². The summed E-state index contributed by atoms with van der Waals surface area (Å²) < 4.78 is 0. The van der Waals surface area contributed by atoms with E-state index in [1.165, 1.54) is 11.1 Å². The van der Waals surface area contributed by atoms with Crippen LogP contribution in [-0.4, -0.2) is 31.4 Å². The second-order valence-corrected chi connectivity index (χ2v) is 4.92. The largest absolute Gasteiger partial charge is 0.349 e. The molecule has 3 nitrogen and oxygen atoms in total. The van der Waals surface area contributed by atoms with Crippen molar-refractivity contribution in [1.29, 1.82) is 0 Å². The molecule has 1 atom stereocenters. The Morgan fingerprint density at radius 2 is 2.00 bits per heavy atom. The maximum Gasteiger partial charge on any atom is 0.222 e. The SMILES string of the molecule is Cc1ccccc1[C@H](C)NCCCC(=O)N(C)C. The van der Waals surface area contributed by atoms with E-state index in [4.69, 9.17) is 0 Å². The number of carbonyl (C=O) groups excluding carboxylic acids is 1. The molecule has 0 aliphatic carbocycles. The van der Waals surface area contributed by atoms with Crippen molar-refractivity contribution >= 4 is 5.91 Å². The molecule has 0 radical (unpaired) electrons. The van der Waals surface area contributed by atoms with E-state index in [0.717, 1.165) is 13.0 Å². The van der Waals surface area contributed by atoms with Gasteiger partial charge in [0.1, 0.15) is 0 Å². The molecule has 1 aromatic rings. The molecule has 0 unspecified atom stereocenters. The molecular formula is C15H24N2O. The molecule has 0 heterocycles. The van der Waals surface area contributed by atoms with Crippen molar-refractivity contribution in [2.24, 2.45) is 0 Å². The summed E-state index contributed by atoms with van der Waals surface area (Å²) in [5.74, 6) is 0.195. The van der Waals surface area contributed by atoms with Crippen LogP contribution in [0.4, 0.5) is 0 Å². The van der Waals surface area contributed by atoms with E-state index in [1.54, 1.807) is 19.0 Å². The second-order valence-electron chi connectivity index (χ2n) is 4.92. The van der Waals surface area contributed by atoms with Crippen LogP contribution in [-0.2, 0) is 4.79 Å². The van der Waals surface area contributed by atoms with Crippen LogP contribution >= 0.6 is 0 Å². The third-order valence-corrected chi connectivity index (χ3v) is 3.17. The number of benzene rings is 1. The van der Waals surface area contributed by atoms with Gasteiger partial charge in [0.2, 0.25) is 5.91 Å². The van der Waals surface area contributed by atoms with Gasteiger partial charge in [0, 0.05) is 26.6 Å². The topological polar surface area (TPSA) is 32.3 Å². The van der Waals surface area contributed by atoms with Gasteiger partial charge in [-0.05, 0) is 37.9 Å². The number of hydrogen-bond acceptors (Lipinski definition) is 2. The minimum atomic E-state index is 0.195. The van der Waals surface area contributed by atoms with Crippen LogP contribution in [0.1, 0.15) is 36.9 Å². The predicted molar refractivity (Wildman–Crippen MR) is 75.5 cm³/mol. The number of amides is 1. The molecule has 0 aliphatic rings. The van der Waals surface area contributed by atoms with Gasteiger partial charge in [0.05, 0.1) is 0 Å². The van der Waals surface area contributed by atoms with Gasteiger partial charge in [0.25, 0.3) is 0 Å². The first-order valence-electron chi connectivity index (χ1n) is 6.51. The average molecular weight is 248 g/mol. The van der Waals surface area contributed by atoms with Crippen molar-refractivity contribution in [3.05, 3.63) is 35.4 Å². The van der Waals surface area contributed by atoms with Crippen molar-refractivity contribution in [3.8, 4) is 0 Å². The number of nitrogens with one attached hydrogen (secondary N) is 1. The molecule has 0 saturated carbocycles. The van der Waals surface area contributed by atoms with Crippen molar-refractivity contribution in [3.63, 3.8) is 0 Å². The Bertz CT molecular complexity index is 388. The van der Waals surface area contributed by atoms with Gasteiger partial charge in [0.15, 0.2) is 0 Å². The zero-order chi connectivity index (χ0) is 13.5. The molecule has 1 amide bonds. The number of rotatable bonds is 6. The monoisotopic (exact) mass is 248 g/mol. The summed E-state index contributed by atoms with van der Waals surface area (Å²) in [4.78, 5) is 13.1. The van der Waals surface area contributed by atoms with E-state index in [0.29, 0.717) is 12.5 Å². The van der Waals surface area contributed by atoms with Crippen molar-refractivity contribution in [1.82, 2.24) is 10.2 Å². The fraction of sp³-hybridized carbons (Fsp3) is 0.533. The van der Waals surface area contributed by atoms with Crippen molar-refractivity contribution < 1.29 is 4.79 Å². The Morgan fingerprint density at radius 3 is 2.61 bits per heavy atom. The summed E-state index contributed by atoms with van der Waals surface area (Å²) >= 11 is 0. The number of hydrogen-bond donors (Lipinski definition) is 1. The van der Waals surface area contributed by atoms with Crippen LogP contribution in [0.5, 0.6) is 0 Å². The second kappa shape index (κ2) is 7.17. The number of carbonyl (C=O) groups is 1. The normalized spacial score (nSPS) is 12.2.